The fourth-order valence-corrected chi connectivity index (χ4v) is 8.02. The zero-order valence-electron chi connectivity index (χ0n) is 17.7. The minimum absolute atomic E-state index is 0.235. The van der Waals surface area contributed by atoms with Gasteiger partial charge in [-0.1, -0.05) is 90.4 Å². The lowest BCUT2D eigenvalue weighted by atomic mass is 10.0. The van der Waals surface area contributed by atoms with Crippen LogP contribution in [0.25, 0.3) is 0 Å². The Bertz CT molecular complexity index is 415. The zero-order valence-corrected chi connectivity index (χ0v) is 26.4. The third-order valence-electron chi connectivity index (χ3n) is 4.05. The third kappa shape index (κ3) is 20.4. The van der Waals surface area contributed by atoms with Gasteiger partial charge in [0, 0.05) is 55.6 Å². The van der Waals surface area contributed by atoms with Crippen molar-refractivity contribution in [2.24, 2.45) is 0 Å². The Morgan fingerprint density at radius 1 is 0.581 bits per heavy atom. The van der Waals surface area contributed by atoms with E-state index in [1.54, 1.807) is 14.2 Å². The molecule has 0 aliphatic heterocycles. The molecule has 0 radical (unpaired) electrons. The standard InChI is InChI=1S/C19H32F4I4O4/c1-28-3-5-30-12-16(26)10-18(20,21)8-14(24)7-15(25)9-19(22,23)11-17(27)13-31-6-4-29-2/h14-17H,3-13H2,1-2H3. The number of alkyl halides is 8. The molecule has 0 saturated heterocycles. The molecule has 0 saturated carbocycles. The second-order valence-corrected chi connectivity index (χ2v) is 14.3. The Balaban J connectivity index is 4.30. The van der Waals surface area contributed by atoms with Crippen molar-refractivity contribution in [1.82, 2.24) is 0 Å². The highest BCUT2D eigenvalue weighted by molar-refractivity contribution is 14.1. The fourth-order valence-electron chi connectivity index (χ4n) is 2.73. The van der Waals surface area contributed by atoms with Crippen LogP contribution in [0.15, 0.2) is 0 Å². The maximum atomic E-state index is 14.4. The maximum absolute atomic E-state index is 14.4. The highest BCUT2D eigenvalue weighted by Gasteiger charge is 2.37. The van der Waals surface area contributed by atoms with E-state index in [4.69, 9.17) is 18.9 Å². The summed E-state index contributed by atoms with van der Waals surface area (Å²) >= 11 is 7.85. The summed E-state index contributed by atoms with van der Waals surface area (Å²) in [5, 5.41) is 0. The first kappa shape index (κ1) is 33.5. The van der Waals surface area contributed by atoms with Crippen LogP contribution in [0.3, 0.4) is 0 Å². The largest absolute Gasteiger partial charge is 0.382 e. The summed E-state index contributed by atoms with van der Waals surface area (Å²) in [6.45, 7) is 2.07. The molecular weight excluding hydrogens is 876 g/mol. The van der Waals surface area contributed by atoms with Gasteiger partial charge in [0.1, 0.15) is 0 Å². The molecule has 0 aliphatic rings. The van der Waals surface area contributed by atoms with Crippen LogP contribution >= 0.6 is 90.4 Å². The SMILES string of the molecule is COCCOCC(I)CC(F)(F)CC(I)CC(I)CC(F)(F)CC(I)COCCOC. The van der Waals surface area contributed by atoms with Crippen molar-refractivity contribution >= 4 is 90.4 Å². The molecule has 0 heterocycles. The number of ether oxygens (including phenoxy) is 4. The quantitative estimate of drug-likeness (QED) is 0.0588. The van der Waals surface area contributed by atoms with E-state index in [2.05, 4.69) is 0 Å². The molecule has 0 aromatic carbocycles. The molecule has 0 spiro atoms. The van der Waals surface area contributed by atoms with E-state index >= 15 is 0 Å². The van der Waals surface area contributed by atoms with Gasteiger partial charge in [-0.2, -0.15) is 0 Å². The molecule has 0 aliphatic carbocycles. The van der Waals surface area contributed by atoms with Gasteiger partial charge in [0.15, 0.2) is 0 Å². The molecule has 0 aromatic rings. The van der Waals surface area contributed by atoms with Crippen molar-refractivity contribution in [3.63, 3.8) is 0 Å². The summed E-state index contributed by atoms with van der Waals surface area (Å²) in [6, 6.07) is 0. The minimum atomic E-state index is -2.85. The molecule has 31 heavy (non-hydrogen) atoms. The number of hydrogen-bond donors (Lipinski definition) is 0. The predicted molar refractivity (Wildman–Crippen MR) is 150 cm³/mol. The van der Waals surface area contributed by atoms with Gasteiger partial charge in [0.2, 0.25) is 11.8 Å². The van der Waals surface area contributed by atoms with E-state index in [-0.39, 0.29) is 54.6 Å². The van der Waals surface area contributed by atoms with Gasteiger partial charge in [0.25, 0.3) is 0 Å². The zero-order chi connectivity index (χ0) is 23.9. The van der Waals surface area contributed by atoms with Crippen LogP contribution in [-0.4, -0.2) is 81.4 Å². The normalized spacial score (nSPS) is 16.8. The molecule has 0 bridgehead atoms. The van der Waals surface area contributed by atoms with Crippen LogP contribution in [0.5, 0.6) is 0 Å². The predicted octanol–water partition coefficient (Wildman–Crippen LogP) is 6.75. The molecule has 0 aromatic heterocycles. The lowest BCUT2D eigenvalue weighted by molar-refractivity contribution is -0.0266. The van der Waals surface area contributed by atoms with Crippen molar-refractivity contribution in [3.05, 3.63) is 0 Å². The van der Waals surface area contributed by atoms with Crippen LogP contribution < -0.4 is 0 Å². The highest BCUT2D eigenvalue weighted by atomic mass is 127. The summed E-state index contributed by atoms with van der Waals surface area (Å²) in [7, 11) is 3.10. The molecule has 4 nitrogen and oxygen atoms in total. The van der Waals surface area contributed by atoms with Gasteiger partial charge in [-0.25, -0.2) is 17.6 Å². The first-order valence-corrected chi connectivity index (χ1v) is 14.8. The maximum Gasteiger partial charge on any atom is 0.250 e. The molecule has 0 amide bonds. The summed E-state index contributed by atoms with van der Waals surface area (Å²) in [5.74, 6) is -5.71. The van der Waals surface area contributed by atoms with Crippen molar-refractivity contribution in [1.29, 1.82) is 0 Å². The molecule has 4 unspecified atom stereocenters. The lowest BCUT2D eigenvalue weighted by Gasteiger charge is -2.26. The number of hydrogen-bond acceptors (Lipinski definition) is 4. The van der Waals surface area contributed by atoms with Gasteiger partial charge >= 0.3 is 0 Å². The Morgan fingerprint density at radius 3 is 1.23 bits per heavy atom. The van der Waals surface area contributed by atoms with Gasteiger partial charge in [-0.3, -0.25) is 0 Å². The van der Waals surface area contributed by atoms with Gasteiger partial charge in [0.05, 0.1) is 39.6 Å². The first-order chi connectivity index (χ1) is 14.4. The lowest BCUT2D eigenvalue weighted by Crippen LogP contribution is -2.30. The Kier molecular flexibility index (Phi) is 20.2. The molecular formula is C19H32F4I4O4. The Labute approximate surface area is 237 Å². The van der Waals surface area contributed by atoms with Crippen molar-refractivity contribution < 1.29 is 36.5 Å². The van der Waals surface area contributed by atoms with E-state index in [1.165, 1.54) is 0 Å². The number of methoxy groups -OCH3 is 2. The molecule has 188 valence electrons. The molecule has 0 rings (SSSR count). The molecule has 4 atom stereocenters. The van der Waals surface area contributed by atoms with E-state index in [0.29, 0.717) is 32.8 Å². The van der Waals surface area contributed by atoms with Gasteiger partial charge < -0.3 is 18.9 Å². The van der Waals surface area contributed by atoms with Crippen molar-refractivity contribution in [2.45, 2.75) is 59.6 Å². The van der Waals surface area contributed by atoms with Crippen LogP contribution in [-0.2, 0) is 18.9 Å². The Hall–Kier alpha value is 2.48. The van der Waals surface area contributed by atoms with Crippen molar-refractivity contribution in [2.75, 3.05) is 53.9 Å². The van der Waals surface area contributed by atoms with Gasteiger partial charge in [-0.05, 0) is 6.42 Å². The second-order valence-electron chi connectivity index (χ2n) is 7.29. The minimum Gasteiger partial charge on any atom is -0.382 e. The number of rotatable bonds is 20. The molecule has 0 fully saturated rings. The van der Waals surface area contributed by atoms with Crippen LogP contribution in [0.4, 0.5) is 17.6 Å². The van der Waals surface area contributed by atoms with E-state index in [9.17, 15) is 17.6 Å². The van der Waals surface area contributed by atoms with E-state index in [0.717, 1.165) is 0 Å². The highest BCUT2D eigenvalue weighted by Crippen LogP contribution is 2.37. The van der Waals surface area contributed by atoms with Crippen LogP contribution in [0.1, 0.15) is 32.1 Å². The summed E-state index contributed by atoms with van der Waals surface area (Å²) in [4.78, 5) is 0. The summed E-state index contributed by atoms with van der Waals surface area (Å²) < 4.78 is 76.4. The van der Waals surface area contributed by atoms with E-state index < -0.39 is 11.8 Å². The van der Waals surface area contributed by atoms with E-state index in [1.807, 2.05) is 90.4 Å². The average Bonchev–Trinajstić information content (AvgIpc) is 2.60. The average molecular weight is 908 g/mol. The Morgan fingerprint density at radius 2 is 0.903 bits per heavy atom. The monoisotopic (exact) mass is 908 g/mol. The first-order valence-electron chi connectivity index (χ1n) is 9.86. The summed E-state index contributed by atoms with van der Waals surface area (Å²) in [6.07, 6.45) is -0.904. The molecule has 12 heteroatoms. The van der Waals surface area contributed by atoms with Crippen LogP contribution in [0.2, 0.25) is 0 Å². The van der Waals surface area contributed by atoms with Crippen LogP contribution in [0, 0.1) is 0 Å². The molecule has 0 N–H and O–H groups in total. The van der Waals surface area contributed by atoms with Gasteiger partial charge in [-0.15, -0.1) is 0 Å². The smallest absolute Gasteiger partial charge is 0.250 e. The van der Waals surface area contributed by atoms with Crippen molar-refractivity contribution in [3.8, 4) is 0 Å². The summed E-state index contributed by atoms with van der Waals surface area (Å²) in [5.41, 5.74) is 0. The topological polar surface area (TPSA) is 36.9 Å². The third-order valence-corrected chi connectivity index (χ3v) is 7.55. The second kappa shape index (κ2) is 18.7. The fraction of sp³-hybridized carbons (Fsp3) is 1.00. The number of halogens is 8.